The molecule has 21 heavy (non-hydrogen) atoms. The summed E-state index contributed by atoms with van der Waals surface area (Å²) in [5.74, 6) is -0.557. The molecule has 0 aromatic carbocycles. The van der Waals surface area contributed by atoms with Gasteiger partial charge < -0.3 is 10.0 Å². The van der Waals surface area contributed by atoms with Gasteiger partial charge in [-0.2, -0.15) is 18.3 Å². The third-order valence-electron chi connectivity index (χ3n) is 3.08. The lowest BCUT2D eigenvalue weighted by atomic mass is 10.2. The van der Waals surface area contributed by atoms with Crippen LogP contribution in [-0.4, -0.2) is 51.6 Å². The zero-order chi connectivity index (χ0) is 15.9. The molecule has 5 nitrogen and oxygen atoms in total. The number of aryl methyl sites for hydroxylation is 2. The number of amides is 1. The largest absolute Gasteiger partial charge is 0.416 e. The molecule has 0 bridgehead atoms. The van der Waals surface area contributed by atoms with Gasteiger partial charge >= 0.3 is 6.18 Å². The van der Waals surface area contributed by atoms with Crippen LogP contribution in [0.25, 0.3) is 10.2 Å². The highest BCUT2D eigenvalue weighted by Crippen LogP contribution is 2.28. The van der Waals surface area contributed by atoms with Crippen LogP contribution in [0.4, 0.5) is 13.2 Å². The normalized spacial score (nSPS) is 13.7. The summed E-state index contributed by atoms with van der Waals surface area (Å²) < 4.78 is 38.5. The second-order valence-corrected chi connectivity index (χ2v) is 5.81. The van der Waals surface area contributed by atoms with Gasteiger partial charge in [0.1, 0.15) is 4.83 Å². The molecule has 0 aliphatic carbocycles. The summed E-state index contributed by atoms with van der Waals surface area (Å²) in [6, 6.07) is 1.61. The third kappa shape index (κ3) is 3.03. The van der Waals surface area contributed by atoms with Gasteiger partial charge in [0.25, 0.3) is 5.91 Å². The zero-order valence-electron chi connectivity index (χ0n) is 11.6. The van der Waals surface area contributed by atoms with E-state index in [1.165, 1.54) is 7.05 Å². The van der Waals surface area contributed by atoms with Crippen LogP contribution in [0.1, 0.15) is 15.4 Å². The Morgan fingerprint density at radius 3 is 2.71 bits per heavy atom. The number of likely N-dealkylation sites (N-methyl/N-ethyl adjacent to an activating group) is 1. The molecular formula is C12H14F3N3O2S. The van der Waals surface area contributed by atoms with Crippen LogP contribution >= 0.6 is 11.3 Å². The summed E-state index contributed by atoms with van der Waals surface area (Å²) in [6.07, 6.45) is -7.29. The highest BCUT2D eigenvalue weighted by atomic mass is 32.1. The molecule has 0 fully saturated rings. The Kier molecular flexibility index (Phi) is 3.98. The third-order valence-corrected chi connectivity index (χ3v) is 4.27. The minimum atomic E-state index is -4.74. The van der Waals surface area contributed by atoms with E-state index in [9.17, 15) is 18.0 Å². The standard InChI is InChI=1S/C12H14F3N3O2S/c1-6-7-4-8(21-11(7)18(3)16-6)10(20)17(2)5-9(19)12(13,14)15/h4,9,19H,5H2,1-3H3. The molecule has 0 saturated heterocycles. The molecule has 0 radical (unpaired) electrons. The summed E-state index contributed by atoms with van der Waals surface area (Å²) in [6.45, 7) is 0.994. The molecular weight excluding hydrogens is 307 g/mol. The van der Waals surface area contributed by atoms with Gasteiger partial charge in [0.05, 0.1) is 17.1 Å². The van der Waals surface area contributed by atoms with Crippen LogP contribution in [0.5, 0.6) is 0 Å². The summed E-state index contributed by atoms with van der Waals surface area (Å²) in [5, 5.41) is 14.0. The van der Waals surface area contributed by atoms with Gasteiger partial charge in [-0.15, -0.1) is 11.3 Å². The van der Waals surface area contributed by atoms with Crippen molar-refractivity contribution in [1.29, 1.82) is 0 Å². The molecule has 2 rings (SSSR count). The molecule has 2 aromatic rings. The maximum absolute atomic E-state index is 12.3. The number of hydrogen-bond acceptors (Lipinski definition) is 4. The number of halogens is 3. The van der Waals surface area contributed by atoms with E-state index in [4.69, 9.17) is 5.11 Å². The van der Waals surface area contributed by atoms with E-state index >= 15 is 0 Å². The van der Waals surface area contributed by atoms with E-state index in [2.05, 4.69) is 5.10 Å². The number of alkyl halides is 3. The number of carbonyl (C=O) groups is 1. The molecule has 0 aliphatic heterocycles. The van der Waals surface area contributed by atoms with E-state index in [0.717, 1.165) is 32.1 Å². The number of fused-ring (bicyclic) bond motifs is 1. The summed E-state index contributed by atoms with van der Waals surface area (Å²) >= 11 is 1.16. The van der Waals surface area contributed by atoms with E-state index < -0.39 is 24.7 Å². The molecule has 1 amide bonds. The van der Waals surface area contributed by atoms with Crippen molar-refractivity contribution in [2.75, 3.05) is 13.6 Å². The lowest BCUT2D eigenvalue weighted by molar-refractivity contribution is -0.205. The Hall–Kier alpha value is -1.61. The second-order valence-electron chi connectivity index (χ2n) is 4.78. The number of rotatable bonds is 3. The smallest absolute Gasteiger partial charge is 0.382 e. The molecule has 1 N–H and O–H groups in total. The van der Waals surface area contributed by atoms with Crippen LogP contribution < -0.4 is 0 Å². The predicted octanol–water partition coefficient (Wildman–Crippen LogP) is 1.94. The highest BCUT2D eigenvalue weighted by Gasteiger charge is 2.39. The molecule has 9 heteroatoms. The number of thiophene rings is 1. The molecule has 0 spiro atoms. The Balaban J connectivity index is 2.20. The monoisotopic (exact) mass is 321 g/mol. The Bertz CT molecular complexity index is 643. The molecule has 1 atom stereocenters. The van der Waals surface area contributed by atoms with Crippen molar-refractivity contribution in [3.63, 3.8) is 0 Å². The van der Waals surface area contributed by atoms with Gasteiger partial charge in [-0.25, -0.2) is 0 Å². The quantitative estimate of drug-likeness (QED) is 0.940. The Morgan fingerprint density at radius 1 is 1.57 bits per heavy atom. The van der Waals surface area contributed by atoms with Gasteiger partial charge in [0.15, 0.2) is 6.10 Å². The predicted molar refractivity (Wildman–Crippen MR) is 72.4 cm³/mol. The number of hydrogen-bond donors (Lipinski definition) is 1. The second kappa shape index (κ2) is 5.30. The lowest BCUT2D eigenvalue weighted by Crippen LogP contribution is -2.41. The molecule has 0 aliphatic rings. The maximum Gasteiger partial charge on any atom is 0.416 e. The van der Waals surface area contributed by atoms with Crippen molar-refractivity contribution in [2.45, 2.75) is 19.2 Å². The van der Waals surface area contributed by atoms with Gasteiger partial charge in [0, 0.05) is 19.5 Å². The zero-order valence-corrected chi connectivity index (χ0v) is 12.4. The lowest BCUT2D eigenvalue weighted by Gasteiger charge is -2.21. The summed E-state index contributed by atoms with van der Waals surface area (Å²) in [4.78, 5) is 14.1. The fourth-order valence-electron chi connectivity index (χ4n) is 1.94. The van der Waals surface area contributed by atoms with Crippen molar-refractivity contribution in [3.8, 4) is 0 Å². The van der Waals surface area contributed by atoms with Crippen LogP contribution in [0, 0.1) is 6.92 Å². The van der Waals surface area contributed by atoms with Gasteiger partial charge in [-0.3, -0.25) is 9.48 Å². The number of aromatic nitrogens is 2. The van der Waals surface area contributed by atoms with Crippen molar-refractivity contribution >= 4 is 27.5 Å². The average molecular weight is 321 g/mol. The van der Waals surface area contributed by atoms with Crippen molar-refractivity contribution in [2.24, 2.45) is 7.05 Å². The van der Waals surface area contributed by atoms with Crippen molar-refractivity contribution in [3.05, 3.63) is 16.6 Å². The first kappa shape index (κ1) is 15.8. The van der Waals surface area contributed by atoms with Gasteiger partial charge in [-0.1, -0.05) is 0 Å². The Labute approximate surface area is 122 Å². The van der Waals surface area contributed by atoms with E-state index in [1.807, 2.05) is 0 Å². The minimum absolute atomic E-state index is 0.318. The van der Waals surface area contributed by atoms with Crippen molar-refractivity contribution in [1.82, 2.24) is 14.7 Å². The summed E-state index contributed by atoms with van der Waals surface area (Å²) in [7, 11) is 2.96. The van der Waals surface area contributed by atoms with Crippen LogP contribution in [-0.2, 0) is 7.05 Å². The topological polar surface area (TPSA) is 58.4 Å². The van der Waals surface area contributed by atoms with Crippen molar-refractivity contribution < 1.29 is 23.1 Å². The van der Waals surface area contributed by atoms with E-state index in [-0.39, 0.29) is 0 Å². The average Bonchev–Trinajstić information content (AvgIpc) is 2.90. The first-order valence-corrected chi connectivity index (χ1v) is 6.86. The fraction of sp³-hybridized carbons (Fsp3) is 0.500. The SMILES string of the molecule is Cc1nn(C)c2sc(C(=O)N(C)CC(O)C(F)(F)F)cc12. The van der Waals surface area contributed by atoms with E-state index in [1.54, 1.807) is 24.7 Å². The number of aliphatic hydroxyl groups excluding tert-OH is 1. The van der Waals surface area contributed by atoms with Crippen LogP contribution in [0.2, 0.25) is 0 Å². The number of nitrogens with zero attached hydrogens (tertiary/aromatic N) is 3. The van der Waals surface area contributed by atoms with Crippen LogP contribution in [0.15, 0.2) is 6.07 Å². The number of aliphatic hydroxyl groups is 1. The first-order valence-electron chi connectivity index (χ1n) is 6.04. The molecule has 0 saturated carbocycles. The van der Waals surface area contributed by atoms with Crippen LogP contribution in [0.3, 0.4) is 0 Å². The van der Waals surface area contributed by atoms with E-state index in [0.29, 0.717) is 4.88 Å². The Morgan fingerprint density at radius 2 is 2.19 bits per heavy atom. The highest BCUT2D eigenvalue weighted by molar-refractivity contribution is 7.20. The van der Waals surface area contributed by atoms with Gasteiger partial charge in [-0.05, 0) is 13.0 Å². The molecule has 116 valence electrons. The molecule has 2 aromatic heterocycles. The molecule has 2 heterocycles. The summed E-state index contributed by atoms with van der Waals surface area (Å²) in [5.41, 5.74) is 0.751. The number of carbonyl (C=O) groups excluding carboxylic acids is 1. The fourth-order valence-corrected chi connectivity index (χ4v) is 3.06. The molecule has 1 unspecified atom stereocenters. The first-order chi connectivity index (χ1) is 9.61. The maximum atomic E-state index is 12.3. The minimum Gasteiger partial charge on any atom is -0.382 e. The van der Waals surface area contributed by atoms with Gasteiger partial charge in [0.2, 0.25) is 0 Å².